The van der Waals surface area contributed by atoms with Gasteiger partial charge >= 0.3 is 0 Å². The Balaban J connectivity index is 2.00. The van der Waals surface area contributed by atoms with Gasteiger partial charge in [-0.2, -0.15) is 0 Å². The van der Waals surface area contributed by atoms with Crippen LogP contribution in [0.15, 0.2) is 42.5 Å². The van der Waals surface area contributed by atoms with Crippen molar-refractivity contribution in [3.8, 4) is 5.75 Å². The molecule has 0 aliphatic rings. The molecule has 2 aromatic carbocycles. The van der Waals surface area contributed by atoms with Crippen LogP contribution >= 0.6 is 0 Å². The largest absolute Gasteiger partial charge is 0.481 e. The van der Waals surface area contributed by atoms with Gasteiger partial charge in [0.1, 0.15) is 5.75 Å². The first-order valence-electron chi connectivity index (χ1n) is 9.23. The maximum Gasteiger partial charge on any atom is 0.261 e. The van der Waals surface area contributed by atoms with Gasteiger partial charge in [0.05, 0.1) is 6.04 Å². The number of rotatable bonds is 5. The molecule has 0 saturated heterocycles. The van der Waals surface area contributed by atoms with Crippen LogP contribution in [0, 0.1) is 13.8 Å². The molecule has 0 saturated carbocycles. The molecular weight excluding hydrogens is 322 g/mol. The van der Waals surface area contributed by atoms with Crippen LogP contribution in [-0.4, -0.2) is 12.0 Å². The van der Waals surface area contributed by atoms with E-state index in [-0.39, 0.29) is 17.4 Å². The third-order valence-corrected chi connectivity index (χ3v) is 4.86. The lowest BCUT2D eigenvalue weighted by atomic mass is 9.86. The van der Waals surface area contributed by atoms with Crippen LogP contribution in [0.4, 0.5) is 0 Å². The molecule has 0 fully saturated rings. The Labute approximate surface area is 157 Å². The molecule has 2 aromatic rings. The first-order chi connectivity index (χ1) is 12.1. The van der Waals surface area contributed by atoms with E-state index in [1.54, 1.807) is 6.92 Å². The van der Waals surface area contributed by atoms with Crippen molar-refractivity contribution in [2.24, 2.45) is 0 Å². The van der Waals surface area contributed by atoms with Crippen LogP contribution in [0.1, 0.15) is 62.9 Å². The second-order valence-corrected chi connectivity index (χ2v) is 8.06. The predicted molar refractivity (Wildman–Crippen MR) is 108 cm³/mol. The molecule has 26 heavy (non-hydrogen) atoms. The van der Waals surface area contributed by atoms with Gasteiger partial charge in [0.25, 0.3) is 5.91 Å². The second-order valence-electron chi connectivity index (χ2n) is 8.06. The lowest BCUT2D eigenvalue weighted by Gasteiger charge is -2.22. The van der Waals surface area contributed by atoms with Gasteiger partial charge in [0, 0.05) is 0 Å². The molecule has 0 spiro atoms. The Hall–Kier alpha value is -2.29. The van der Waals surface area contributed by atoms with Gasteiger partial charge in [0.15, 0.2) is 6.10 Å². The summed E-state index contributed by atoms with van der Waals surface area (Å²) >= 11 is 0. The van der Waals surface area contributed by atoms with Crippen molar-refractivity contribution in [2.75, 3.05) is 0 Å². The summed E-state index contributed by atoms with van der Waals surface area (Å²) in [6.07, 6.45) is -0.549. The SMILES string of the molecule is Cc1cccc(O[C@@H](C)C(=O)N[C@H](C)c2ccc(C(C)(C)C)cc2)c1C. The van der Waals surface area contributed by atoms with E-state index in [0.717, 1.165) is 22.4 Å². The van der Waals surface area contributed by atoms with E-state index in [1.807, 2.05) is 39.0 Å². The maximum atomic E-state index is 12.5. The molecular formula is C23H31NO2. The number of ether oxygens (including phenoxy) is 1. The maximum absolute atomic E-state index is 12.5. The summed E-state index contributed by atoms with van der Waals surface area (Å²) in [5.74, 6) is 0.646. The highest BCUT2D eigenvalue weighted by Gasteiger charge is 2.19. The fourth-order valence-corrected chi connectivity index (χ4v) is 2.78. The molecule has 0 aliphatic carbocycles. The van der Waals surface area contributed by atoms with Gasteiger partial charge in [-0.3, -0.25) is 4.79 Å². The van der Waals surface area contributed by atoms with Gasteiger partial charge < -0.3 is 10.1 Å². The van der Waals surface area contributed by atoms with Gasteiger partial charge in [-0.1, -0.05) is 57.2 Å². The molecule has 2 rings (SSSR count). The van der Waals surface area contributed by atoms with E-state index in [1.165, 1.54) is 5.56 Å². The van der Waals surface area contributed by atoms with Crippen LogP contribution in [-0.2, 0) is 10.2 Å². The summed E-state index contributed by atoms with van der Waals surface area (Å²) in [6.45, 7) is 14.4. The van der Waals surface area contributed by atoms with Crippen molar-refractivity contribution in [1.29, 1.82) is 0 Å². The molecule has 1 amide bonds. The van der Waals surface area contributed by atoms with Crippen LogP contribution < -0.4 is 10.1 Å². The van der Waals surface area contributed by atoms with Gasteiger partial charge in [-0.25, -0.2) is 0 Å². The highest BCUT2D eigenvalue weighted by molar-refractivity contribution is 5.81. The van der Waals surface area contributed by atoms with E-state index in [0.29, 0.717) is 0 Å². The third-order valence-electron chi connectivity index (χ3n) is 4.86. The summed E-state index contributed by atoms with van der Waals surface area (Å²) in [5, 5.41) is 3.04. The average Bonchev–Trinajstić information content (AvgIpc) is 2.58. The van der Waals surface area contributed by atoms with Gasteiger partial charge in [-0.15, -0.1) is 0 Å². The zero-order valence-electron chi connectivity index (χ0n) is 17.0. The predicted octanol–water partition coefficient (Wildman–Crippen LogP) is 5.25. The molecule has 0 heterocycles. The Morgan fingerprint density at radius 1 is 1.00 bits per heavy atom. The number of amides is 1. The topological polar surface area (TPSA) is 38.3 Å². The van der Waals surface area contributed by atoms with E-state index < -0.39 is 6.10 Å². The van der Waals surface area contributed by atoms with Crippen molar-refractivity contribution in [3.05, 3.63) is 64.7 Å². The van der Waals surface area contributed by atoms with Crippen molar-refractivity contribution >= 4 is 5.91 Å². The van der Waals surface area contributed by atoms with Crippen LogP contribution in [0.25, 0.3) is 0 Å². The highest BCUT2D eigenvalue weighted by atomic mass is 16.5. The molecule has 0 bridgehead atoms. The second kappa shape index (κ2) is 7.94. The smallest absolute Gasteiger partial charge is 0.261 e. The van der Waals surface area contributed by atoms with Crippen molar-refractivity contribution in [1.82, 2.24) is 5.32 Å². The molecule has 2 atom stereocenters. The van der Waals surface area contributed by atoms with Crippen LogP contribution in [0.3, 0.4) is 0 Å². The monoisotopic (exact) mass is 353 g/mol. The quantitative estimate of drug-likeness (QED) is 0.798. The van der Waals surface area contributed by atoms with Crippen LogP contribution in [0.5, 0.6) is 5.75 Å². The lowest BCUT2D eigenvalue weighted by Crippen LogP contribution is -2.37. The minimum atomic E-state index is -0.549. The van der Waals surface area contributed by atoms with Gasteiger partial charge in [0.2, 0.25) is 0 Å². The van der Waals surface area contributed by atoms with Crippen molar-refractivity contribution in [3.63, 3.8) is 0 Å². The first-order valence-corrected chi connectivity index (χ1v) is 9.23. The molecule has 140 valence electrons. The fourth-order valence-electron chi connectivity index (χ4n) is 2.78. The van der Waals surface area contributed by atoms with Crippen molar-refractivity contribution < 1.29 is 9.53 Å². The van der Waals surface area contributed by atoms with E-state index >= 15 is 0 Å². The minimum Gasteiger partial charge on any atom is -0.481 e. The standard InChI is InChI=1S/C23H31NO2/c1-15-9-8-10-21(16(15)2)26-18(4)22(25)24-17(3)19-11-13-20(14-12-19)23(5,6)7/h8-14,17-18H,1-7H3,(H,24,25)/t17-,18+/m1/s1. The zero-order chi connectivity index (χ0) is 19.5. The first kappa shape index (κ1) is 20.0. The molecule has 1 N–H and O–H groups in total. The number of carbonyl (C=O) groups is 1. The number of carbonyl (C=O) groups excluding carboxylic acids is 1. The molecule has 0 unspecified atom stereocenters. The molecule has 3 nitrogen and oxygen atoms in total. The highest BCUT2D eigenvalue weighted by Crippen LogP contribution is 2.24. The Kier molecular flexibility index (Phi) is 6.12. The number of aryl methyl sites for hydroxylation is 1. The number of hydrogen-bond donors (Lipinski definition) is 1. The number of nitrogens with one attached hydrogen (secondary N) is 1. The minimum absolute atomic E-state index is 0.0684. The average molecular weight is 354 g/mol. The molecule has 0 aliphatic heterocycles. The van der Waals surface area contributed by atoms with E-state index in [9.17, 15) is 4.79 Å². The van der Waals surface area contributed by atoms with Crippen molar-refractivity contribution in [2.45, 2.75) is 66.0 Å². The Bertz CT molecular complexity index is 757. The summed E-state index contributed by atoms with van der Waals surface area (Å²) in [5.41, 5.74) is 4.72. The Morgan fingerprint density at radius 2 is 1.62 bits per heavy atom. The van der Waals surface area contributed by atoms with Crippen LogP contribution in [0.2, 0.25) is 0 Å². The normalized spacial score (nSPS) is 13.8. The summed E-state index contributed by atoms with van der Waals surface area (Å²) in [6, 6.07) is 14.3. The molecule has 0 radical (unpaired) electrons. The lowest BCUT2D eigenvalue weighted by molar-refractivity contribution is -0.127. The van der Waals surface area contributed by atoms with Gasteiger partial charge in [-0.05, 0) is 61.4 Å². The third kappa shape index (κ3) is 4.87. The van der Waals surface area contributed by atoms with E-state index in [2.05, 4.69) is 50.4 Å². The Morgan fingerprint density at radius 3 is 2.19 bits per heavy atom. The summed E-state index contributed by atoms with van der Waals surface area (Å²) < 4.78 is 5.88. The number of hydrogen-bond acceptors (Lipinski definition) is 2. The fraction of sp³-hybridized carbons (Fsp3) is 0.435. The molecule has 0 aromatic heterocycles. The zero-order valence-corrected chi connectivity index (χ0v) is 17.0. The number of benzene rings is 2. The summed E-state index contributed by atoms with van der Waals surface area (Å²) in [7, 11) is 0. The summed E-state index contributed by atoms with van der Waals surface area (Å²) in [4.78, 5) is 12.5. The molecule has 3 heteroatoms. The van der Waals surface area contributed by atoms with E-state index in [4.69, 9.17) is 4.74 Å².